The van der Waals surface area contributed by atoms with Crippen molar-refractivity contribution in [2.45, 2.75) is 39.2 Å². The lowest BCUT2D eigenvalue weighted by molar-refractivity contribution is -0.144. The Hall–Kier alpha value is -3.35. The summed E-state index contributed by atoms with van der Waals surface area (Å²) < 4.78 is 5.58. The molecular weight excluding hydrogens is 408 g/mol. The van der Waals surface area contributed by atoms with Crippen molar-refractivity contribution in [3.63, 3.8) is 0 Å². The maximum Gasteiger partial charge on any atom is 0.407 e. The van der Waals surface area contributed by atoms with Crippen LogP contribution in [0.5, 0.6) is 0 Å². The van der Waals surface area contributed by atoms with Gasteiger partial charge in [0, 0.05) is 24.9 Å². The number of likely N-dealkylation sites (N-methyl/N-ethyl adjacent to an activating group) is 1. The molecule has 0 saturated carbocycles. The monoisotopic (exact) mass is 438 g/mol. The molecule has 0 bridgehead atoms. The fourth-order valence-electron chi connectivity index (χ4n) is 4.10. The number of nitrogens with zero attached hydrogens (tertiary/aromatic N) is 1. The molecule has 0 radical (unpaired) electrons. The topological polar surface area (TPSA) is 95.9 Å². The Morgan fingerprint density at radius 1 is 1.03 bits per heavy atom. The minimum absolute atomic E-state index is 0.0168. The number of carbonyl (C=O) groups is 3. The van der Waals surface area contributed by atoms with Crippen LogP contribution in [-0.4, -0.2) is 53.7 Å². The van der Waals surface area contributed by atoms with Gasteiger partial charge in [0.05, 0.1) is 0 Å². The van der Waals surface area contributed by atoms with E-state index in [1.807, 2.05) is 38.1 Å². The highest BCUT2D eigenvalue weighted by Crippen LogP contribution is 2.44. The first-order valence-electron chi connectivity index (χ1n) is 10.9. The van der Waals surface area contributed by atoms with Gasteiger partial charge in [-0.25, -0.2) is 4.79 Å². The smallest absolute Gasteiger partial charge is 0.407 e. The largest absolute Gasteiger partial charge is 0.480 e. The van der Waals surface area contributed by atoms with Gasteiger partial charge < -0.3 is 20.1 Å². The molecule has 170 valence electrons. The number of ether oxygens (including phenoxy) is 1. The van der Waals surface area contributed by atoms with Gasteiger partial charge in [0.2, 0.25) is 5.91 Å². The Bertz CT molecular complexity index is 942. The summed E-state index contributed by atoms with van der Waals surface area (Å²) in [5.41, 5.74) is 4.57. The third-order valence-corrected chi connectivity index (χ3v) is 5.91. The van der Waals surface area contributed by atoms with Gasteiger partial charge in [0.1, 0.15) is 13.2 Å². The second-order valence-corrected chi connectivity index (χ2v) is 8.33. The van der Waals surface area contributed by atoms with Crippen molar-refractivity contribution in [1.29, 1.82) is 0 Å². The van der Waals surface area contributed by atoms with Crippen LogP contribution >= 0.6 is 0 Å². The van der Waals surface area contributed by atoms with Gasteiger partial charge in [-0.3, -0.25) is 9.59 Å². The second-order valence-electron chi connectivity index (χ2n) is 8.33. The predicted molar refractivity (Wildman–Crippen MR) is 121 cm³/mol. The minimum atomic E-state index is -1.06. The molecule has 0 fully saturated rings. The molecule has 7 heteroatoms. The summed E-state index contributed by atoms with van der Waals surface area (Å²) in [5.74, 6) is -1.44. The number of fused-ring (bicyclic) bond motifs is 3. The van der Waals surface area contributed by atoms with Crippen molar-refractivity contribution >= 4 is 18.0 Å². The summed E-state index contributed by atoms with van der Waals surface area (Å²) in [7, 11) is 0. The third-order valence-electron chi connectivity index (χ3n) is 5.91. The predicted octanol–water partition coefficient (Wildman–Crippen LogP) is 3.87. The Labute approximate surface area is 188 Å². The lowest BCUT2D eigenvalue weighted by Gasteiger charge is -2.26. The fourth-order valence-corrected chi connectivity index (χ4v) is 4.10. The summed E-state index contributed by atoms with van der Waals surface area (Å²) in [4.78, 5) is 37.3. The number of alkyl carbamates (subject to hydrolysis) is 1. The molecule has 2 aromatic carbocycles. The molecule has 0 aliphatic heterocycles. The maximum atomic E-state index is 12.6. The van der Waals surface area contributed by atoms with E-state index in [1.165, 1.54) is 4.90 Å². The van der Waals surface area contributed by atoms with Crippen LogP contribution in [0.2, 0.25) is 0 Å². The number of amides is 2. The number of aliphatic carboxylic acids is 1. The van der Waals surface area contributed by atoms with E-state index in [2.05, 4.69) is 29.6 Å². The minimum Gasteiger partial charge on any atom is -0.480 e. The highest BCUT2D eigenvalue weighted by Gasteiger charge is 2.30. The van der Waals surface area contributed by atoms with Crippen molar-refractivity contribution in [1.82, 2.24) is 10.2 Å². The molecule has 2 amide bonds. The SMILES string of the molecule is CCN(CC(=O)O)C(=O)CC(NC(=O)OCC1c2ccccc2-c2ccccc21)C(C)C. The number of rotatable bonds is 9. The average molecular weight is 439 g/mol. The third kappa shape index (κ3) is 5.28. The second kappa shape index (κ2) is 10.3. The molecule has 1 unspecified atom stereocenters. The van der Waals surface area contributed by atoms with E-state index in [0.717, 1.165) is 22.3 Å². The number of carbonyl (C=O) groups excluding carboxylic acids is 2. The standard InChI is InChI=1S/C25H30N2O5/c1-4-27(14-24(29)30)23(28)13-22(16(2)3)26-25(31)32-15-21-19-11-7-5-9-17(19)18-10-6-8-12-20(18)21/h5-12,16,21-22H,4,13-15H2,1-3H3,(H,26,31)(H,29,30). The van der Waals surface area contributed by atoms with Gasteiger partial charge >= 0.3 is 12.1 Å². The van der Waals surface area contributed by atoms with E-state index < -0.39 is 18.1 Å². The Morgan fingerprint density at radius 3 is 2.09 bits per heavy atom. The van der Waals surface area contributed by atoms with Crippen LogP contribution in [0.4, 0.5) is 4.79 Å². The number of benzene rings is 2. The average Bonchev–Trinajstić information content (AvgIpc) is 3.09. The van der Waals surface area contributed by atoms with Crippen molar-refractivity contribution in [2.24, 2.45) is 5.92 Å². The zero-order valence-electron chi connectivity index (χ0n) is 18.7. The molecule has 2 aromatic rings. The fraction of sp³-hybridized carbons (Fsp3) is 0.400. The Morgan fingerprint density at radius 2 is 1.59 bits per heavy atom. The van der Waals surface area contributed by atoms with Crippen LogP contribution < -0.4 is 5.32 Å². The molecule has 0 saturated heterocycles. The first-order chi connectivity index (χ1) is 15.3. The lowest BCUT2D eigenvalue weighted by atomic mass is 9.98. The van der Waals surface area contributed by atoms with Crippen molar-refractivity contribution in [2.75, 3.05) is 19.7 Å². The van der Waals surface area contributed by atoms with E-state index >= 15 is 0 Å². The number of hydrogen-bond acceptors (Lipinski definition) is 4. The highest BCUT2D eigenvalue weighted by atomic mass is 16.5. The highest BCUT2D eigenvalue weighted by molar-refractivity contribution is 5.82. The summed E-state index contributed by atoms with van der Waals surface area (Å²) in [5, 5.41) is 11.8. The molecule has 1 aliphatic rings. The number of hydrogen-bond donors (Lipinski definition) is 2. The van der Waals surface area contributed by atoms with Crippen LogP contribution in [0.15, 0.2) is 48.5 Å². The Kier molecular flexibility index (Phi) is 7.51. The van der Waals surface area contributed by atoms with E-state index in [4.69, 9.17) is 9.84 Å². The van der Waals surface area contributed by atoms with E-state index in [-0.39, 0.29) is 37.3 Å². The molecule has 32 heavy (non-hydrogen) atoms. The summed E-state index contributed by atoms with van der Waals surface area (Å²) >= 11 is 0. The molecule has 2 N–H and O–H groups in total. The van der Waals surface area contributed by atoms with E-state index in [1.54, 1.807) is 6.92 Å². The molecule has 1 aliphatic carbocycles. The van der Waals surface area contributed by atoms with Crippen LogP contribution in [0, 0.1) is 5.92 Å². The van der Waals surface area contributed by atoms with Crippen LogP contribution in [0.25, 0.3) is 11.1 Å². The molecule has 0 aromatic heterocycles. The number of nitrogens with one attached hydrogen (secondary N) is 1. The number of carboxylic acid groups (broad SMARTS) is 1. The quantitative estimate of drug-likeness (QED) is 0.620. The van der Waals surface area contributed by atoms with E-state index in [0.29, 0.717) is 6.54 Å². The normalized spacial score (nSPS) is 13.2. The van der Waals surface area contributed by atoms with Crippen molar-refractivity contribution < 1.29 is 24.2 Å². The molecule has 3 rings (SSSR count). The van der Waals surface area contributed by atoms with Gasteiger partial charge in [-0.05, 0) is 35.1 Å². The van der Waals surface area contributed by atoms with Gasteiger partial charge in [-0.2, -0.15) is 0 Å². The number of carboxylic acids is 1. The van der Waals surface area contributed by atoms with Crippen molar-refractivity contribution in [3.8, 4) is 11.1 Å². The van der Waals surface area contributed by atoms with Gasteiger partial charge in [-0.15, -0.1) is 0 Å². The molecule has 7 nitrogen and oxygen atoms in total. The lowest BCUT2D eigenvalue weighted by Crippen LogP contribution is -2.44. The molecule has 1 atom stereocenters. The van der Waals surface area contributed by atoms with Crippen LogP contribution in [0.1, 0.15) is 44.2 Å². The first-order valence-corrected chi connectivity index (χ1v) is 10.9. The summed E-state index contributed by atoms with van der Waals surface area (Å²) in [6.45, 7) is 5.65. The van der Waals surface area contributed by atoms with Crippen LogP contribution in [0.3, 0.4) is 0 Å². The zero-order valence-corrected chi connectivity index (χ0v) is 18.7. The molecular formula is C25H30N2O5. The van der Waals surface area contributed by atoms with Crippen molar-refractivity contribution in [3.05, 3.63) is 59.7 Å². The first kappa shape index (κ1) is 23.3. The zero-order chi connectivity index (χ0) is 23.3. The van der Waals surface area contributed by atoms with Gasteiger partial charge in [0.25, 0.3) is 0 Å². The summed E-state index contributed by atoms with van der Waals surface area (Å²) in [6.07, 6.45) is -0.567. The van der Waals surface area contributed by atoms with E-state index in [9.17, 15) is 14.4 Å². The van der Waals surface area contributed by atoms with Gasteiger partial charge in [0.15, 0.2) is 0 Å². The Balaban J connectivity index is 1.63. The van der Waals surface area contributed by atoms with Crippen LogP contribution in [-0.2, 0) is 14.3 Å². The maximum absolute atomic E-state index is 12.6. The molecule has 0 heterocycles. The van der Waals surface area contributed by atoms with Gasteiger partial charge in [-0.1, -0.05) is 62.4 Å². The summed E-state index contributed by atoms with van der Waals surface area (Å²) in [6, 6.07) is 15.8. The molecule has 0 spiro atoms.